The van der Waals surface area contributed by atoms with Crippen LogP contribution in [0.2, 0.25) is 0 Å². The number of rotatable bonds is 9. The second kappa shape index (κ2) is 10.3. The minimum Gasteiger partial charge on any atom is -0.433 e. The molecule has 0 atom stereocenters. The molecule has 5 rings (SSSR count). The Bertz CT molecular complexity index is 1510. The lowest BCUT2D eigenvalue weighted by Crippen LogP contribution is -2.17. The van der Waals surface area contributed by atoms with Gasteiger partial charge < -0.3 is 13.9 Å². The maximum absolute atomic E-state index is 13.5. The van der Waals surface area contributed by atoms with Crippen LogP contribution in [0.4, 0.5) is 18.3 Å². The molecule has 188 valence electrons. The number of anilines is 1. The molecule has 1 N–H and O–H groups in total. The normalized spacial score (nSPS) is 13.3. The van der Waals surface area contributed by atoms with Crippen LogP contribution in [0.5, 0.6) is 5.75 Å². The molecule has 0 saturated heterocycles. The number of imidazole rings is 1. The van der Waals surface area contributed by atoms with E-state index >= 15 is 0 Å². The standard InChI is InChI=1S/C24H18F3N7O2S/c25-21-7-14(5-6-29-21)10-33-11-17(36-23(26)27)8-19(33)22(35)32-24-31-15(12-37-24)1-4-18-20(9-28)34(13-30-18)16-2-3-16/h1,4-8,11-13,16,23H,2-3,10H2,(H,31,32,35)/b4-1+. The molecule has 1 aliphatic carbocycles. The number of hydrogen-bond acceptors (Lipinski definition) is 7. The van der Waals surface area contributed by atoms with Gasteiger partial charge in [-0.2, -0.15) is 18.4 Å². The molecule has 4 heterocycles. The van der Waals surface area contributed by atoms with Crippen LogP contribution < -0.4 is 10.1 Å². The highest BCUT2D eigenvalue weighted by Crippen LogP contribution is 2.36. The molecule has 0 aromatic carbocycles. The van der Waals surface area contributed by atoms with Gasteiger partial charge >= 0.3 is 6.61 Å². The van der Waals surface area contributed by atoms with Crippen LogP contribution >= 0.6 is 11.3 Å². The number of halogens is 3. The third-order valence-electron chi connectivity index (χ3n) is 5.50. The number of carbonyl (C=O) groups is 1. The van der Waals surface area contributed by atoms with Crippen molar-refractivity contribution in [3.8, 4) is 11.8 Å². The summed E-state index contributed by atoms with van der Waals surface area (Å²) in [4.78, 5) is 25.1. The predicted octanol–water partition coefficient (Wildman–Crippen LogP) is 4.95. The molecule has 4 aromatic heterocycles. The van der Waals surface area contributed by atoms with Gasteiger partial charge in [0, 0.05) is 36.4 Å². The number of nitrogens with zero attached hydrogens (tertiary/aromatic N) is 6. The minimum atomic E-state index is -3.07. The van der Waals surface area contributed by atoms with Gasteiger partial charge in [-0.05, 0) is 42.7 Å². The van der Waals surface area contributed by atoms with E-state index in [9.17, 15) is 23.2 Å². The fourth-order valence-electron chi connectivity index (χ4n) is 3.70. The van der Waals surface area contributed by atoms with Crippen LogP contribution in [0.3, 0.4) is 0 Å². The van der Waals surface area contributed by atoms with Crippen molar-refractivity contribution in [2.24, 2.45) is 0 Å². The quantitative estimate of drug-likeness (QED) is 0.310. The minimum absolute atomic E-state index is 0.0180. The molecule has 4 aromatic rings. The van der Waals surface area contributed by atoms with Crippen molar-refractivity contribution >= 4 is 34.5 Å². The predicted molar refractivity (Wildman–Crippen MR) is 129 cm³/mol. The van der Waals surface area contributed by atoms with Gasteiger partial charge in [-0.25, -0.2) is 15.0 Å². The van der Waals surface area contributed by atoms with Crippen LogP contribution in [0.1, 0.15) is 52.0 Å². The first kappa shape index (κ1) is 24.3. The summed E-state index contributed by atoms with van der Waals surface area (Å²) in [6.45, 7) is -3.05. The Morgan fingerprint density at radius 3 is 2.89 bits per heavy atom. The molecule has 0 aliphatic heterocycles. The van der Waals surface area contributed by atoms with Gasteiger partial charge in [0.15, 0.2) is 5.13 Å². The molecular weight excluding hydrogens is 507 g/mol. The first-order chi connectivity index (χ1) is 17.9. The van der Waals surface area contributed by atoms with Gasteiger partial charge in [0.1, 0.15) is 23.2 Å². The molecule has 0 spiro atoms. The number of amides is 1. The summed E-state index contributed by atoms with van der Waals surface area (Å²) >= 11 is 1.16. The van der Waals surface area contributed by atoms with Crippen molar-refractivity contribution in [2.45, 2.75) is 32.0 Å². The summed E-state index contributed by atoms with van der Waals surface area (Å²) in [5, 5.41) is 14.1. The average Bonchev–Trinajstić information content (AvgIpc) is 3.27. The van der Waals surface area contributed by atoms with E-state index in [1.165, 1.54) is 29.1 Å². The maximum atomic E-state index is 13.5. The second-order valence-corrected chi connectivity index (χ2v) is 9.01. The molecule has 0 radical (unpaired) electrons. The van der Waals surface area contributed by atoms with Gasteiger partial charge in [-0.1, -0.05) is 0 Å². The Kier molecular flexibility index (Phi) is 6.74. The topological polar surface area (TPSA) is 111 Å². The highest BCUT2D eigenvalue weighted by atomic mass is 32.1. The second-order valence-electron chi connectivity index (χ2n) is 8.15. The lowest BCUT2D eigenvalue weighted by atomic mass is 10.2. The molecule has 1 fully saturated rings. The van der Waals surface area contributed by atoms with E-state index in [2.05, 4.69) is 31.1 Å². The summed E-state index contributed by atoms with van der Waals surface area (Å²) in [6, 6.07) is 6.41. The monoisotopic (exact) mass is 525 g/mol. The van der Waals surface area contributed by atoms with Crippen LogP contribution in [0.15, 0.2) is 42.3 Å². The largest absolute Gasteiger partial charge is 0.433 e. The lowest BCUT2D eigenvalue weighted by molar-refractivity contribution is -0.0498. The third-order valence-corrected chi connectivity index (χ3v) is 6.27. The molecule has 13 heteroatoms. The summed E-state index contributed by atoms with van der Waals surface area (Å²) in [5.74, 6) is -1.53. The van der Waals surface area contributed by atoms with Crippen LogP contribution in [0, 0.1) is 17.3 Å². The van der Waals surface area contributed by atoms with Gasteiger partial charge in [0.25, 0.3) is 5.91 Å². The zero-order valence-electron chi connectivity index (χ0n) is 19.0. The van der Waals surface area contributed by atoms with Crippen molar-refractivity contribution in [1.82, 2.24) is 24.1 Å². The van der Waals surface area contributed by atoms with Crippen molar-refractivity contribution in [3.63, 3.8) is 0 Å². The molecule has 0 bridgehead atoms. The van der Waals surface area contributed by atoms with E-state index in [0.29, 0.717) is 28.7 Å². The van der Waals surface area contributed by atoms with Gasteiger partial charge in [0.05, 0.1) is 17.7 Å². The van der Waals surface area contributed by atoms with Crippen LogP contribution in [-0.4, -0.2) is 36.6 Å². The molecule has 1 saturated carbocycles. The van der Waals surface area contributed by atoms with Gasteiger partial charge in [-0.15, -0.1) is 11.3 Å². The van der Waals surface area contributed by atoms with Crippen molar-refractivity contribution in [3.05, 3.63) is 76.6 Å². The fraction of sp³-hybridized carbons (Fsp3) is 0.208. The Labute approximate surface area is 212 Å². The number of aromatic nitrogens is 5. The molecule has 1 aliphatic rings. The van der Waals surface area contributed by atoms with Crippen molar-refractivity contribution < 1.29 is 22.7 Å². The highest BCUT2D eigenvalue weighted by Gasteiger charge is 2.26. The Morgan fingerprint density at radius 2 is 2.16 bits per heavy atom. The summed E-state index contributed by atoms with van der Waals surface area (Å²) in [6.07, 6.45) is 9.59. The lowest BCUT2D eigenvalue weighted by Gasteiger charge is -2.08. The molecule has 1 amide bonds. The van der Waals surface area contributed by atoms with E-state index in [1.807, 2.05) is 4.57 Å². The summed E-state index contributed by atoms with van der Waals surface area (Å²) in [5.41, 5.74) is 2.05. The van der Waals surface area contributed by atoms with Crippen molar-refractivity contribution in [2.75, 3.05) is 5.32 Å². The highest BCUT2D eigenvalue weighted by molar-refractivity contribution is 7.14. The van der Waals surface area contributed by atoms with E-state index in [1.54, 1.807) is 29.9 Å². The zero-order chi connectivity index (χ0) is 25.9. The van der Waals surface area contributed by atoms with E-state index in [0.717, 1.165) is 24.2 Å². The number of carbonyl (C=O) groups excluding carboxylic acids is 1. The maximum Gasteiger partial charge on any atom is 0.387 e. The zero-order valence-corrected chi connectivity index (χ0v) is 19.8. The van der Waals surface area contributed by atoms with Gasteiger partial charge in [0.2, 0.25) is 5.95 Å². The Balaban J connectivity index is 1.32. The third kappa shape index (κ3) is 5.70. The van der Waals surface area contributed by atoms with E-state index < -0.39 is 18.5 Å². The molecule has 0 unspecified atom stereocenters. The Hall–Kier alpha value is -4.44. The van der Waals surface area contributed by atoms with Crippen LogP contribution in [0.25, 0.3) is 12.2 Å². The number of nitrogens with one attached hydrogen (secondary N) is 1. The van der Waals surface area contributed by atoms with E-state index in [4.69, 9.17) is 0 Å². The summed E-state index contributed by atoms with van der Waals surface area (Å²) < 4.78 is 46.7. The Morgan fingerprint density at radius 1 is 1.32 bits per heavy atom. The smallest absolute Gasteiger partial charge is 0.387 e. The first-order valence-electron chi connectivity index (χ1n) is 11.1. The fourth-order valence-corrected chi connectivity index (χ4v) is 4.37. The first-order valence-corrected chi connectivity index (χ1v) is 11.9. The van der Waals surface area contributed by atoms with Crippen molar-refractivity contribution in [1.29, 1.82) is 5.26 Å². The number of nitriles is 1. The molecule has 9 nitrogen and oxygen atoms in total. The SMILES string of the molecule is N#Cc1c(/C=C/c2csc(NC(=O)c3cc(OC(F)F)cn3Cc3ccnc(F)c3)n2)ncn1C1CC1. The number of pyridine rings is 1. The average molecular weight is 526 g/mol. The number of alkyl halides is 2. The number of ether oxygens (including phenoxy) is 1. The van der Waals surface area contributed by atoms with Crippen LogP contribution in [-0.2, 0) is 6.54 Å². The van der Waals surface area contributed by atoms with E-state index in [-0.39, 0.29) is 23.1 Å². The number of thiazole rings is 1. The molecule has 37 heavy (non-hydrogen) atoms. The summed E-state index contributed by atoms with van der Waals surface area (Å²) in [7, 11) is 0. The molecular formula is C24H18F3N7O2S. The van der Waals surface area contributed by atoms with Gasteiger partial charge in [-0.3, -0.25) is 10.1 Å². The number of hydrogen-bond donors (Lipinski definition) is 1.